The first-order chi connectivity index (χ1) is 6.67. The van der Waals surface area contributed by atoms with Gasteiger partial charge in [-0.3, -0.25) is 5.32 Å². The second kappa shape index (κ2) is 3.49. The summed E-state index contributed by atoms with van der Waals surface area (Å²) in [4.78, 5) is 5.61. The van der Waals surface area contributed by atoms with Gasteiger partial charge in [0.15, 0.2) is 0 Å². The summed E-state index contributed by atoms with van der Waals surface area (Å²) in [5.74, 6) is 0.605. The van der Waals surface area contributed by atoms with Crippen molar-refractivity contribution >= 4 is 5.82 Å². The molecule has 76 valence electrons. The number of nitrogens with zero attached hydrogens (tertiary/aromatic N) is 2. The van der Waals surface area contributed by atoms with Gasteiger partial charge in [-0.15, -0.1) is 0 Å². The van der Waals surface area contributed by atoms with Crippen LogP contribution in [0, 0.1) is 0 Å². The highest BCUT2D eigenvalue weighted by Gasteiger charge is 2.34. The molecular formula is C9H11F2N3. The van der Waals surface area contributed by atoms with Crippen LogP contribution in [0.25, 0.3) is 0 Å². The Morgan fingerprint density at radius 3 is 2.93 bits per heavy atom. The molecule has 1 aliphatic heterocycles. The van der Waals surface area contributed by atoms with Crippen molar-refractivity contribution in [3.05, 3.63) is 24.4 Å². The number of rotatable bonds is 1. The van der Waals surface area contributed by atoms with Crippen LogP contribution < -0.4 is 10.2 Å². The SMILES string of the molecule is FC1(F)CN(c2ccccn2)CCN1. The number of hydrogen-bond acceptors (Lipinski definition) is 3. The Kier molecular flexibility index (Phi) is 2.33. The number of alkyl halides is 2. The van der Waals surface area contributed by atoms with Gasteiger partial charge in [0.05, 0.1) is 6.54 Å². The quantitative estimate of drug-likeness (QED) is 0.686. The number of piperazine rings is 1. The summed E-state index contributed by atoms with van der Waals surface area (Å²) < 4.78 is 25.9. The average molecular weight is 199 g/mol. The maximum Gasteiger partial charge on any atom is 0.319 e. The summed E-state index contributed by atoms with van der Waals surface area (Å²) in [5, 5.41) is 2.16. The Morgan fingerprint density at radius 1 is 1.43 bits per heavy atom. The Balaban J connectivity index is 2.12. The summed E-state index contributed by atoms with van der Waals surface area (Å²) >= 11 is 0. The zero-order valence-corrected chi connectivity index (χ0v) is 7.58. The van der Waals surface area contributed by atoms with Crippen LogP contribution >= 0.6 is 0 Å². The van der Waals surface area contributed by atoms with E-state index in [-0.39, 0.29) is 13.1 Å². The summed E-state index contributed by atoms with van der Waals surface area (Å²) in [7, 11) is 0. The van der Waals surface area contributed by atoms with E-state index in [2.05, 4.69) is 10.3 Å². The van der Waals surface area contributed by atoms with E-state index >= 15 is 0 Å². The molecule has 0 unspecified atom stereocenters. The van der Waals surface area contributed by atoms with E-state index in [9.17, 15) is 8.78 Å². The fraction of sp³-hybridized carbons (Fsp3) is 0.444. The lowest BCUT2D eigenvalue weighted by Crippen LogP contribution is -2.55. The molecule has 14 heavy (non-hydrogen) atoms. The van der Waals surface area contributed by atoms with Crippen molar-refractivity contribution in [1.29, 1.82) is 0 Å². The van der Waals surface area contributed by atoms with Crippen molar-refractivity contribution in [2.24, 2.45) is 0 Å². The molecule has 0 saturated carbocycles. The lowest BCUT2D eigenvalue weighted by molar-refractivity contribution is -0.0358. The third-order valence-corrected chi connectivity index (χ3v) is 2.13. The molecule has 2 heterocycles. The highest BCUT2D eigenvalue weighted by molar-refractivity contribution is 5.38. The van der Waals surface area contributed by atoms with E-state index in [1.165, 1.54) is 0 Å². The van der Waals surface area contributed by atoms with Gasteiger partial charge in [0.1, 0.15) is 5.82 Å². The number of hydrogen-bond donors (Lipinski definition) is 1. The van der Waals surface area contributed by atoms with Gasteiger partial charge in [-0.25, -0.2) is 4.98 Å². The highest BCUT2D eigenvalue weighted by atomic mass is 19.3. The molecule has 1 aromatic rings. The normalized spacial score (nSPS) is 20.9. The van der Waals surface area contributed by atoms with Gasteiger partial charge in [-0.2, -0.15) is 8.78 Å². The van der Waals surface area contributed by atoms with Gasteiger partial charge in [0, 0.05) is 19.3 Å². The highest BCUT2D eigenvalue weighted by Crippen LogP contribution is 2.19. The maximum atomic E-state index is 13.0. The predicted molar refractivity (Wildman–Crippen MR) is 49.4 cm³/mol. The molecule has 1 aliphatic rings. The molecule has 3 nitrogen and oxygen atoms in total. The van der Waals surface area contributed by atoms with E-state index in [4.69, 9.17) is 0 Å². The smallest absolute Gasteiger partial charge is 0.319 e. The zero-order valence-electron chi connectivity index (χ0n) is 7.58. The van der Waals surface area contributed by atoms with Crippen molar-refractivity contribution in [3.8, 4) is 0 Å². The fourth-order valence-corrected chi connectivity index (χ4v) is 1.48. The minimum absolute atomic E-state index is 0.281. The Labute approximate surface area is 80.7 Å². The van der Waals surface area contributed by atoms with Gasteiger partial charge < -0.3 is 4.90 Å². The van der Waals surface area contributed by atoms with E-state index in [0.29, 0.717) is 12.4 Å². The molecule has 0 radical (unpaired) electrons. The molecule has 0 atom stereocenters. The second-order valence-electron chi connectivity index (χ2n) is 3.24. The zero-order chi connectivity index (χ0) is 10.0. The summed E-state index contributed by atoms with van der Waals surface area (Å²) in [5.41, 5.74) is 0. The third-order valence-electron chi connectivity index (χ3n) is 2.13. The van der Waals surface area contributed by atoms with Crippen LogP contribution in [0.1, 0.15) is 0 Å². The van der Waals surface area contributed by atoms with Gasteiger partial charge >= 0.3 is 6.05 Å². The van der Waals surface area contributed by atoms with Gasteiger partial charge in [0.25, 0.3) is 0 Å². The van der Waals surface area contributed by atoms with Crippen molar-refractivity contribution in [3.63, 3.8) is 0 Å². The predicted octanol–water partition coefficient (Wildman–Crippen LogP) is 1.08. The van der Waals surface area contributed by atoms with E-state index in [1.807, 2.05) is 0 Å². The van der Waals surface area contributed by atoms with Crippen LogP contribution in [0.3, 0.4) is 0 Å². The van der Waals surface area contributed by atoms with E-state index < -0.39 is 6.05 Å². The molecule has 1 saturated heterocycles. The second-order valence-corrected chi connectivity index (χ2v) is 3.24. The van der Waals surface area contributed by atoms with Crippen LogP contribution in [-0.4, -0.2) is 30.7 Å². The Bertz CT molecular complexity index is 302. The van der Waals surface area contributed by atoms with Crippen molar-refractivity contribution in [2.45, 2.75) is 6.05 Å². The topological polar surface area (TPSA) is 28.2 Å². The number of pyridine rings is 1. The van der Waals surface area contributed by atoms with Crippen LogP contribution in [-0.2, 0) is 0 Å². The Morgan fingerprint density at radius 2 is 2.29 bits per heavy atom. The lowest BCUT2D eigenvalue weighted by atomic mass is 10.3. The summed E-state index contributed by atoms with van der Waals surface area (Å²) in [6.45, 7) is 0.528. The molecule has 1 fully saturated rings. The Hall–Kier alpha value is -1.23. The molecular weight excluding hydrogens is 188 g/mol. The number of aromatic nitrogens is 1. The molecule has 5 heteroatoms. The third kappa shape index (κ3) is 1.98. The maximum absolute atomic E-state index is 13.0. The molecule has 0 amide bonds. The van der Waals surface area contributed by atoms with Gasteiger partial charge in [0.2, 0.25) is 0 Å². The van der Waals surface area contributed by atoms with Crippen LogP contribution in [0.2, 0.25) is 0 Å². The number of nitrogens with one attached hydrogen (secondary N) is 1. The first-order valence-corrected chi connectivity index (χ1v) is 4.46. The standard InChI is InChI=1S/C9H11F2N3/c10-9(11)7-14(6-5-13-9)8-3-1-2-4-12-8/h1-4,13H,5-7H2. The van der Waals surface area contributed by atoms with Crippen LogP contribution in [0.5, 0.6) is 0 Å². The molecule has 0 aromatic carbocycles. The summed E-state index contributed by atoms with van der Waals surface area (Å²) in [6, 6.07) is 2.49. The largest absolute Gasteiger partial charge is 0.348 e. The first kappa shape index (κ1) is 9.33. The van der Waals surface area contributed by atoms with Gasteiger partial charge in [-0.1, -0.05) is 6.07 Å². The van der Waals surface area contributed by atoms with Crippen molar-refractivity contribution in [2.75, 3.05) is 24.5 Å². The van der Waals surface area contributed by atoms with E-state index in [0.717, 1.165) is 0 Å². The molecule has 2 rings (SSSR count). The summed E-state index contributed by atoms with van der Waals surface area (Å²) in [6.07, 6.45) is 1.61. The van der Waals surface area contributed by atoms with Gasteiger partial charge in [-0.05, 0) is 12.1 Å². The number of halogens is 2. The van der Waals surface area contributed by atoms with Crippen molar-refractivity contribution < 1.29 is 8.78 Å². The molecule has 0 bridgehead atoms. The molecule has 0 aliphatic carbocycles. The van der Waals surface area contributed by atoms with Crippen molar-refractivity contribution in [1.82, 2.24) is 10.3 Å². The minimum Gasteiger partial charge on any atom is -0.348 e. The average Bonchev–Trinajstić information content (AvgIpc) is 2.18. The van der Waals surface area contributed by atoms with Crippen LogP contribution in [0.4, 0.5) is 14.6 Å². The van der Waals surface area contributed by atoms with E-state index in [1.54, 1.807) is 29.3 Å². The minimum atomic E-state index is -2.81. The van der Waals surface area contributed by atoms with Crippen LogP contribution in [0.15, 0.2) is 24.4 Å². The molecule has 0 spiro atoms. The first-order valence-electron chi connectivity index (χ1n) is 4.46. The number of anilines is 1. The lowest BCUT2D eigenvalue weighted by Gasteiger charge is -2.33. The fourth-order valence-electron chi connectivity index (χ4n) is 1.48. The monoisotopic (exact) mass is 199 g/mol. The molecule has 1 aromatic heterocycles. The molecule has 1 N–H and O–H groups in total.